The van der Waals surface area contributed by atoms with E-state index in [2.05, 4.69) is 10.2 Å². The van der Waals surface area contributed by atoms with Crippen molar-refractivity contribution in [2.75, 3.05) is 25.0 Å². The van der Waals surface area contributed by atoms with Crippen LogP contribution in [0.2, 0.25) is 10.0 Å². The normalized spacial score (nSPS) is 14.8. The Labute approximate surface area is 178 Å². The Balaban J connectivity index is 1.75. The van der Waals surface area contributed by atoms with Gasteiger partial charge in [0.25, 0.3) is 0 Å². The summed E-state index contributed by atoms with van der Waals surface area (Å²) in [4.78, 5) is 28.0. The number of halogens is 2. The van der Waals surface area contributed by atoms with Gasteiger partial charge < -0.3 is 4.42 Å². The highest BCUT2D eigenvalue weighted by atomic mass is 35.5. The van der Waals surface area contributed by atoms with Crippen molar-refractivity contribution < 1.29 is 9.21 Å². The highest BCUT2D eigenvalue weighted by Crippen LogP contribution is 2.30. The van der Waals surface area contributed by atoms with Crippen LogP contribution in [0.4, 0.5) is 5.88 Å². The molecule has 0 bridgehead atoms. The Morgan fingerprint density at radius 1 is 1.00 bits per heavy atom. The highest BCUT2D eigenvalue weighted by molar-refractivity contribution is 6.31. The molecule has 0 atom stereocenters. The van der Waals surface area contributed by atoms with E-state index in [0.717, 1.165) is 25.9 Å². The van der Waals surface area contributed by atoms with E-state index in [0.29, 0.717) is 26.6 Å². The number of carbonyl (C=O) groups excluding carboxylic acids is 1. The molecule has 1 aromatic heterocycles. The van der Waals surface area contributed by atoms with Crippen LogP contribution in [0.15, 0.2) is 51.7 Å². The van der Waals surface area contributed by atoms with Gasteiger partial charge in [0, 0.05) is 10.0 Å². The minimum Gasteiger partial charge on any atom is -0.439 e. The predicted molar refractivity (Wildman–Crippen MR) is 117 cm³/mol. The van der Waals surface area contributed by atoms with E-state index in [-0.39, 0.29) is 29.3 Å². The second kappa shape index (κ2) is 8.57. The molecule has 5 nitrogen and oxygen atoms in total. The number of amides is 1. The molecule has 29 heavy (non-hydrogen) atoms. The number of nitrogens with zero attached hydrogens (tertiary/aromatic N) is 1. The molecule has 0 unspecified atom stereocenters. The summed E-state index contributed by atoms with van der Waals surface area (Å²) in [5.74, 6) is -0.0762. The highest BCUT2D eigenvalue weighted by Gasteiger charge is 2.20. The van der Waals surface area contributed by atoms with E-state index in [1.807, 2.05) is 0 Å². The van der Waals surface area contributed by atoms with E-state index in [9.17, 15) is 9.59 Å². The monoisotopic (exact) mass is 430 g/mol. The largest absolute Gasteiger partial charge is 0.439 e. The molecule has 3 aromatic rings. The quantitative estimate of drug-likeness (QED) is 0.618. The van der Waals surface area contributed by atoms with Crippen molar-refractivity contribution in [3.05, 3.63) is 62.7 Å². The van der Waals surface area contributed by atoms with Gasteiger partial charge in [0.15, 0.2) is 0 Å². The molecule has 1 saturated heterocycles. The van der Waals surface area contributed by atoms with Gasteiger partial charge in [-0.1, -0.05) is 41.8 Å². The number of fused-ring (bicyclic) bond motifs is 1. The van der Waals surface area contributed by atoms with Crippen LogP contribution in [0, 0.1) is 0 Å². The lowest BCUT2D eigenvalue weighted by Gasteiger charge is -2.25. The van der Waals surface area contributed by atoms with Crippen LogP contribution >= 0.6 is 23.2 Å². The van der Waals surface area contributed by atoms with Gasteiger partial charge >= 0.3 is 0 Å². The zero-order chi connectivity index (χ0) is 20.4. The lowest BCUT2D eigenvalue weighted by Crippen LogP contribution is -2.37. The predicted octanol–water partition coefficient (Wildman–Crippen LogP) is 5.19. The van der Waals surface area contributed by atoms with E-state index in [4.69, 9.17) is 27.6 Å². The molecule has 4 rings (SSSR count). The third-order valence-corrected chi connectivity index (χ3v) is 5.54. The van der Waals surface area contributed by atoms with Crippen molar-refractivity contribution >= 4 is 46.0 Å². The Kier molecular flexibility index (Phi) is 5.90. The number of hydrogen-bond donors (Lipinski definition) is 1. The molecule has 2 heterocycles. The fourth-order valence-corrected chi connectivity index (χ4v) is 3.92. The number of hydrogen-bond acceptors (Lipinski definition) is 4. The summed E-state index contributed by atoms with van der Waals surface area (Å²) in [6, 6.07) is 11.7. The fraction of sp³-hybridized carbons (Fsp3) is 0.273. The second-order valence-corrected chi connectivity index (χ2v) is 8.04. The van der Waals surface area contributed by atoms with Gasteiger partial charge in [-0.05, 0) is 61.8 Å². The Bertz CT molecular complexity index is 1100. The molecule has 2 aromatic carbocycles. The second-order valence-electron chi connectivity index (χ2n) is 7.17. The number of benzene rings is 2. The molecule has 0 saturated carbocycles. The molecule has 1 amide bonds. The van der Waals surface area contributed by atoms with Crippen LogP contribution in [0.25, 0.3) is 22.1 Å². The van der Waals surface area contributed by atoms with Gasteiger partial charge in [0.05, 0.1) is 17.5 Å². The minimum absolute atomic E-state index is 0.133. The standard InChI is InChI=1S/C22H20Cl2N2O3/c23-15-6-4-14(5-7-15)20-21(28)17-12-16(24)8-9-18(17)29-22(20)25-19(27)13-26-10-2-1-3-11-26/h4-9,12H,1-3,10-11,13H2,(H,25,27). The summed E-state index contributed by atoms with van der Waals surface area (Å²) in [5, 5.41) is 4.16. The zero-order valence-electron chi connectivity index (χ0n) is 15.7. The summed E-state index contributed by atoms with van der Waals surface area (Å²) < 4.78 is 5.93. The van der Waals surface area contributed by atoms with Crippen LogP contribution in [-0.4, -0.2) is 30.4 Å². The fourth-order valence-electron chi connectivity index (χ4n) is 3.62. The van der Waals surface area contributed by atoms with E-state index in [1.54, 1.807) is 42.5 Å². The molecule has 1 fully saturated rings. The topological polar surface area (TPSA) is 62.6 Å². The molecule has 0 radical (unpaired) electrons. The molecule has 1 aliphatic heterocycles. The zero-order valence-corrected chi connectivity index (χ0v) is 17.2. The third-order valence-electron chi connectivity index (χ3n) is 5.05. The van der Waals surface area contributed by atoms with Crippen LogP contribution in [0.3, 0.4) is 0 Å². The number of piperidine rings is 1. The SMILES string of the molecule is O=C(CN1CCCCC1)Nc1oc2ccc(Cl)cc2c(=O)c1-c1ccc(Cl)cc1. The van der Waals surface area contributed by atoms with Gasteiger partial charge in [0.1, 0.15) is 5.58 Å². The van der Waals surface area contributed by atoms with Crippen molar-refractivity contribution in [1.29, 1.82) is 0 Å². The van der Waals surface area contributed by atoms with Crippen molar-refractivity contribution in [3.63, 3.8) is 0 Å². The summed E-state index contributed by atoms with van der Waals surface area (Å²) in [6.45, 7) is 2.07. The van der Waals surface area contributed by atoms with Crippen LogP contribution < -0.4 is 10.7 Å². The smallest absolute Gasteiger partial charge is 0.240 e. The summed E-state index contributed by atoms with van der Waals surface area (Å²) in [5.41, 5.74) is 0.997. The van der Waals surface area contributed by atoms with E-state index in [1.165, 1.54) is 6.42 Å². The third kappa shape index (κ3) is 4.47. The lowest BCUT2D eigenvalue weighted by molar-refractivity contribution is -0.117. The van der Waals surface area contributed by atoms with Gasteiger partial charge in [-0.3, -0.25) is 19.8 Å². The molecule has 1 N–H and O–H groups in total. The Morgan fingerprint density at radius 3 is 2.41 bits per heavy atom. The van der Waals surface area contributed by atoms with Gasteiger partial charge in [0.2, 0.25) is 17.2 Å². The van der Waals surface area contributed by atoms with Crippen molar-refractivity contribution in [2.45, 2.75) is 19.3 Å². The number of anilines is 1. The van der Waals surface area contributed by atoms with Crippen LogP contribution in [-0.2, 0) is 4.79 Å². The summed E-state index contributed by atoms with van der Waals surface area (Å²) in [6.07, 6.45) is 3.38. The first-order valence-corrected chi connectivity index (χ1v) is 10.3. The van der Waals surface area contributed by atoms with Gasteiger partial charge in [-0.15, -0.1) is 0 Å². The van der Waals surface area contributed by atoms with Gasteiger partial charge in [-0.2, -0.15) is 0 Å². The number of likely N-dealkylation sites (tertiary alicyclic amines) is 1. The minimum atomic E-state index is -0.260. The van der Waals surface area contributed by atoms with Crippen molar-refractivity contribution in [3.8, 4) is 11.1 Å². The average molecular weight is 431 g/mol. The maximum absolute atomic E-state index is 13.2. The molecule has 0 aliphatic carbocycles. The number of carbonyl (C=O) groups is 1. The van der Waals surface area contributed by atoms with E-state index < -0.39 is 0 Å². The number of rotatable bonds is 4. The van der Waals surface area contributed by atoms with Crippen LogP contribution in [0.1, 0.15) is 19.3 Å². The summed E-state index contributed by atoms with van der Waals surface area (Å²) in [7, 11) is 0. The first-order valence-electron chi connectivity index (χ1n) is 9.56. The van der Waals surface area contributed by atoms with E-state index >= 15 is 0 Å². The van der Waals surface area contributed by atoms with Crippen molar-refractivity contribution in [2.24, 2.45) is 0 Å². The number of nitrogens with one attached hydrogen (secondary N) is 1. The van der Waals surface area contributed by atoms with Gasteiger partial charge in [-0.25, -0.2) is 0 Å². The maximum atomic E-state index is 13.2. The molecular weight excluding hydrogens is 411 g/mol. The van der Waals surface area contributed by atoms with Crippen molar-refractivity contribution in [1.82, 2.24) is 4.90 Å². The molecule has 150 valence electrons. The lowest BCUT2D eigenvalue weighted by atomic mass is 10.0. The molecular formula is C22H20Cl2N2O3. The molecule has 7 heteroatoms. The first kappa shape index (κ1) is 20.0. The Hall–Kier alpha value is -2.34. The average Bonchev–Trinajstić information content (AvgIpc) is 2.71. The van der Waals surface area contributed by atoms with Crippen LogP contribution in [0.5, 0.6) is 0 Å². The molecule has 1 aliphatic rings. The maximum Gasteiger partial charge on any atom is 0.240 e. The first-order chi connectivity index (χ1) is 14.0. The Morgan fingerprint density at radius 2 is 1.69 bits per heavy atom. The molecule has 0 spiro atoms. The summed E-state index contributed by atoms with van der Waals surface area (Å²) >= 11 is 12.1.